The van der Waals surface area contributed by atoms with E-state index in [0.29, 0.717) is 52.3 Å². The maximum atomic E-state index is 12.9. The number of hydrogen-bond acceptors (Lipinski definition) is 7. The average Bonchev–Trinajstić information content (AvgIpc) is 3.36. The van der Waals surface area contributed by atoms with E-state index in [0.717, 1.165) is 5.56 Å². The van der Waals surface area contributed by atoms with Gasteiger partial charge in [0.15, 0.2) is 11.7 Å². The van der Waals surface area contributed by atoms with Crippen LogP contribution in [0.1, 0.15) is 37.8 Å². The number of hydrogen-bond donors (Lipinski definition) is 3. The topological polar surface area (TPSA) is 124 Å². The van der Waals surface area contributed by atoms with Gasteiger partial charge in [0, 0.05) is 37.0 Å². The van der Waals surface area contributed by atoms with Crippen LogP contribution in [0, 0.1) is 6.92 Å². The Morgan fingerprint density at radius 2 is 1.68 bits per heavy atom. The summed E-state index contributed by atoms with van der Waals surface area (Å²) < 4.78 is 22.4. The first-order valence-electron chi connectivity index (χ1n) is 13.0. The van der Waals surface area contributed by atoms with Crippen molar-refractivity contribution in [1.82, 2.24) is 10.3 Å². The van der Waals surface area contributed by atoms with Crippen LogP contribution in [0.5, 0.6) is 11.5 Å². The number of ether oxygens (including phenoxy) is 3. The minimum Gasteiger partial charge on any atom is -0.496 e. The molecule has 1 aromatic heterocycles. The molecule has 4 rings (SSSR count). The summed E-state index contributed by atoms with van der Waals surface area (Å²) in [7, 11) is 1.54. The van der Waals surface area contributed by atoms with Gasteiger partial charge in [0.25, 0.3) is 0 Å². The molecule has 0 saturated carbocycles. The number of nitrogens with zero attached hydrogens (tertiary/aromatic N) is 1. The second kappa shape index (κ2) is 12.9. The number of carbonyl (C=O) groups is 2. The van der Waals surface area contributed by atoms with Gasteiger partial charge in [0.1, 0.15) is 23.7 Å². The number of urea groups is 1. The van der Waals surface area contributed by atoms with Gasteiger partial charge in [0.2, 0.25) is 0 Å². The number of carbonyl (C=O) groups excluding carboxylic acids is 2. The SMILES string of the molecule is COc1cc(NC(=O)Nc2cc(CNC(=O)OC(C)(C)C)cc(OCc3ccccc3)c2)ccc1-c1cnc(C)o1. The van der Waals surface area contributed by atoms with Crippen LogP contribution < -0.4 is 25.4 Å². The predicted molar refractivity (Wildman–Crippen MR) is 156 cm³/mol. The van der Waals surface area contributed by atoms with E-state index in [9.17, 15) is 9.59 Å². The lowest BCUT2D eigenvalue weighted by Gasteiger charge is -2.20. The smallest absolute Gasteiger partial charge is 0.407 e. The molecule has 4 aromatic rings. The van der Waals surface area contributed by atoms with Gasteiger partial charge < -0.3 is 34.6 Å². The van der Waals surface area contributed by atoms with Crippen molar-refractivity contribution in [2.24, 2.45) is 0 Å². The molecule has 0 unspecified atom stereocenters. The lowest BCUT2D eigenvalue weighted by molar-refractivity contribution is 0.0523. The Morgan fingerprint density at radius 1 is 0.927 bits per heavy atom. The fourth-order valence-electron chi connectivity index (χ4n) is 3.90. The molecule has 0 fully saturated rings. The number of amides is 3. The van der Waals surface area contributed by atoms with Crippen LogP contribution in [0.15, 0.2) is 77.3 Å². The van der Waals surface area contributed by atoms with Crippen LogP contribution in [0.4, 0.5) is 21.0 Å². The van der Waals surface area contributed by atoms with Crippen molar-refractivity contribution in [3.05, 3.63) is 89.9 Å². The monoisotopic (exact) mass is 558 g/mol. The van der Waals surface area contributed by atoms with E-state index >= 15 is 0 Å². The lowest BCUT2D eigenvalue weighted by atomic mass is 10.1. The van der Waals surface area contributed by atoms with Crippen LogP contribution in [0.3, 0.4) is 0 Å². The molecule has 10 heteroatoms. The molecular weight excluding hydrogens is 524 g/mol. The summed E-state index contributed by atoms with van der Waals surface area (Å²) in [6.45, 7) is 7.66. The molecule has 0 radical (unpaired) electrons. The van der Waals surface area contributed by atoms with Crippen LogP contribution in [-0.2, 0) is 17.9 Å². The Labute approximate surface area is 239 Å². The molecule has 0 spiro atoms. The van der Waals surface area contributed by atoms with Crippen molar-refractivity contribution in [2.45, 2.75) is 46.4 Å². The molecule has 0 bridgehead atoms. The van der Waals surface area contributed by atoms with Gasteiger partial charge in [-0.25, -0.2) is 14.6 Å². The van der Waals surface area contributed by atoms with Gasteiger partial charge in [-0.15, -0.1) is 0 Å². The Morgan fingerprint density at radius 3 is 2.37 bits per heavy atom. The van der Waals surface area contributed by atoms with Crippen LogP contribution in [0.25, 0.3) is 11.3 Å². The summed E-state index contributed by atoms with van der Waals surface area (Å²) in [6, 6.07) is 19.8. The highest BCUT2D eigenvalue weighted by molar-refractivity contribution is 6.00. The van der Waals surface area contributed by atoms with Crippen molar-refractivity contribution >= 4 is 23.5 Å². The van der Waals surface area contributed by atoms with E-state index in [1.807, 2.05) is 30.3 Å². The first-order valence-corrected chi connectivity index (χ1v) is 13.0. The highest BCUT2D eigenvalue weighted by Crippen LogP contribution is 2.33. The number of alkyl carbamates (subject to hydrolysis) is 1. The minimum absolute atomic E-state index is 0.174. The Hall–Kier alpha value is -4.99. The molecule has 3 aromatic carbocycles. The zero-order valence-electron chi connectivity index (χ0n) is 23.7. The van der Waals surface area contributed by atoms with Gasteiger partial charge in [0.05, 0.1) is 18.9 Å². The lowest BCUT2D eigenvalue weighted by Crippen LogP contribution is -2.32. The summed E-state index contributed by atoms with van der Waals surface area (Å²) in [5, 5.41) is 8.39. The zero-order valence-corrected chi connectivity index (χ0v) is 23.7. The molecule has 1 heterocycles. The predicted octanol–water partition coefficient (Wildman–Crippen LogP) is 6.91. The minimum atomic E-state index is -0.621. The van der Waals surface area contributed by atoms with Crippen LogP contribution in [-0.4, -0.2) is 29.8 Å². The van der Waals surface area contributed by atoms with E-state index in [4.69, 9.17) is 18.6 Å². The summed E-state index contributed by atoms with van der Waals surface area (Å²) >= 11 is 0. The van der Waals surface area contributed by atoms with Gasteiger partial charge in [-0.1, -0.05) is 30.3 Å². The second-order valence-electron chi connectivity index (χ2n) is 10.2. The maximum Gasteiger partial charge on any atom is 0.407 e. The highest BCUT2D eigenvalue weighted by Gasteiger charge is 2.17. The molecule has 0 aliphatic heterocycles. The number of methoxy groups -OCH3 is 1. The third kappa shape index (κ3) is 8.76. The summed E-state index contributed by atoms with van der Waals surface area (Å²) in [6.07, 6.45) is 1.08. The first kappa shape index (κ1) is 29.0. The van der Waals surface area contributed by atoms with E-state index in [1.165, 1.54) is 0 Å². The van der Waals surface area contributed by atoms with E-state index in [1.54, 1.807) is 77.4 Å². The average molecular weight is 559 g/mol. The molecule has 0 aliphatic carbocycles. The molecule has 41 heavy (non-hydrogen) atoms. The summed E-state index contributed by atoms with van der Waals surface area (Å²) in [5.74, 6) is 2.15. The standard InChI is InChI=1S/C31H34N4O6/c1-20-32-18-28(40-20)26-12-11-23(16-27(26)38-5)34-29(36)35-24-13-22(17-33-30(37)41-31(2,3)4)14-25(15-24)39-19-21-9-7-6-8-10-21/h6-16,18H,17,19H2,1-5H3,(H,33,37)(H2,34,35,36). The van der Waals surface area contributed by atoms with Gasteiger partial charge >= 0.3 is 12.1 Å². The van der Waals surface area contributed by atoms with Crippen molar-refractivity contribution in [1.29, 1.82) is 0 Å². The fourth-order valence-corrected chi connectivity index (χ4v) is 3.90. The largest absolute Gasteiger partial charge is 0.496 e. The molecule has 10 nitrogen and oxygen atoms in total. The Kier molecular flexibility index (Phi) is 9.13. The fraction of sp³-hybridized carbons (Fsp3) is 0.258. The zero-order chi connectivity index (χ0) is 29.4. The Bertz CT molecular complexity index is 1490. The second-order valence-corrected chi connectivity index (χ2v) is 10.2. The number of anilines is 2. The normalized spacial score (nSPS) is 11.0. The van der Waals surface area contributed by atoms with Crippen molar-refractivity contribution in [3.8, 4) is 22.8 Å². The number of rotatable bonds is 9. The first-order chi connectivity index (χ1) is 19.6. The molecule has 0 atom stereocenters. The third-order valence-electron chi connectivity index (χ3n) is 5.65. The molecular formula is C31H34N4O6. The molecule has 3 N–H and O–H groups in total. The van der Waals surface area contributed by atoms with E-state index < -0.39 is 17.7 Å². The van der Waals surface area contributed by atoms with Gasteiger partial charge in [-0.3, -0.25) is 0 Å². The molecule has 0 saturated heterocycles. The number of oxazole rings is 1. The van der Waals surface area contributed by atoms with Gasteiger partial charge in [-0.2, -0.15) is 0 Å². The number of nitrogens with one attached hydrogen (secondary N) is 3. The summed E-state index contributed by atoms with van der Waals surface area (Å²) in [5.41, 5.74) is 2.80. The quantitative estimate of drug-likeness (QED) is 0.204. The van der Waals surface area contributed by atoms with Crippen molar-refractivity contribution in [2.75, 3.05) is 17.7 Å². The van der Waals surface area contributed by atoms with Crippen LogP contribution in [0.2, 0.25) is 0 Å². The van der Waals surface area contributed by atoms with E-state index in [-0.39, 0.29) is 6.54 Å². The number of aromatic nitrogens is 1. The van der Waals surface area contributed by atoms with Crippen molar-refractivity contribution in [3.63, 3.8) is 0 Å². The van der Waals surface area contributed by atoms with Gasteiger partial charge in [-0.05, 0) is 56.2 Å². The highest BCUT2D eigenvalue weighted by atomic mass is 16.6. The van der Waals surface area contributed by atoms with Crippen LogP contribution >= 0.6 is 0 Å². The molecule has 0 aliphatic rings. The Balaban J connectivity index is 1.48. The van der Waals surface area contributed by atoms with E-state index in [2.05, 4.69) is 20.9 Å². The summed E-state index contributed by atoms with van der Waals surface area (Å²) in [4.78, 5) is 29.3. The molecule has 3 amide bonds. The third-order valence-corrected chi connectivity index (χ3v) is 5.65. The maximum absolute atomic E-state index is 12.9. The molecule has 214 valence electrons. The van der Waals surface area contributed by atoms with Crippen molar-refractivity contribution < 1.29 is 28.2 Å². The number of benzene rings is 3. The number of aryl methyl sites for hydroxylation is 1.